The van der Waals surface area contributed by atoms with E-state index in [0.717, 1.165) is 0 Å². The molecule has 0 radical (unpaired) electrons. The number of hydrogen-bond acceptors (Lipinski definition) is 5. The number of aromatic nitrogens is 1. The fourth-order valence-corrected chi connectivity index (χ4v) is 4.10. The average Bonchev–Trinajstić information content (AvgIpc) is 2.74. The van der Waals surface area contributed by atoms with Crippen LogP contribution >= 0.6 is 11.8 Å². The predicted octanol–water partition coefficient (Wildman–Crippen LogP) is 4.13. The summed E-state index contributed by atoms with van der Waals surface area (Å²) in [6.07, 6.45) is 1.61. The molecule has 0 unspecified atom stereocenters. The molecule has 0 aliphatic rings. The maximum absolute atomic E-state index is 12.6. The molecular formula is C20H17F2N3O3S2. The summed E-state index contributed by atoms with van der Waals surface area (Å²) < 4.78 is 52.4. The van der Waals surface area contributed by atoms with Crippen LogP contribution < -0.4 is 10.0 Å². The summed E-state index contributed by atoms with van der Waals surface area (Å²) in [4.78, 5) is 16.7. The van der Waals surface area contributed by atoms with Gasteiger partial charge in [0.25, 0.3) is 21.7 Å². The molecular weight excluding hydrogens is 432 g/mol. The van der Waals surface area contributed by atoms with E-state index in [1.165, 1.54) is 48.5 Å². The van der Waals surface area contributed by atoms with Crippen LogP contribution in [0.4, 0.5) is 14.5 Å². The maximum atomic E-state index is 12.6. The van der Waals surface area contributed by atoms with Gasteiger partial charge in [0.05, 0.1) is 17.1 Å². The Morgan fingerprint density at radius 2 is 1.80 bits per heavy atom. The van der Waals surface area contributed by atoms with Crippen LogP contribution in [-0.2, 0) is 16.6 Å². The fourth-order valence-electron chi connectivity index (χ4n) is 2.50. The molecule has 1 aromatic heterocycles. The Balaban J connectivity index is 1.69. The summed E-state index contributed by atoms with van der Waals surface area (Å²) in [7, 11) is -3.97. The lowest BCUT2D eigenvalue weighted by molar-refractivity contribution is 0.0950. The quantitative estimate of drug-likeness (QED) is 0.505. The molecule has 30 heavy (non-hydrogen) atoms. The minimum atomic E-state index is -3.97. The lowest BCUT2D eigenvalue weighted by atomic mass is 10.2. The number of sulfonamides is 1. The molecule has 156 valence electrons. The molecule has 10 heteroatoms. The Morgan fingerprint density at radius 3 is 2.47 bits per heavy atom. The third kappa shape index (κ3) is 6.01. The number of carbonyl (C=O) groups excluding carboxylic acids is 1. The van der Waals surface area contributed by atoms with Crippen LogP contribution in [0.5, 0.6) is 0 Å². The molecule has 0 fully saturated rings. The summed E-state index contributed by atoms with van der Waals surface area (Å²) in [5, 5.41) is 2.69. The second kappa shape index (κ2) is 9.68. The van der Waals surface area contributed by atoms with Crippen LogP contribution in [0, 0.1) is 0 Å². The molecule has 0 aliphatic carbocycles. The van der Waals surface area contributed by atoms with Crippen LogP contribution in [0.1, 0.15) is 16.1 Å². The topological polar surface area (TPSA) is 88.2 Å². The van der Waals surface area contributed by atoms with Crippen molar-refractivity contribution in [2.24, 2.45) is 0 Å². The van der Waals surface area contributed by atoms with Gasteiger partial charge in [-0.15, -0.1) is 0 Å². The number of hydrogen-bond donors (Lipinski definition) is 2. The van der Waals surface area contributed by atoms with Gasteiger partial charge in [0.1, 0.15) is 0 Å². The molecule has 1 amide bonds. The molecule has 1 heterocycles. The number of nitrogens with one attached hydrogen (secondary N) is 2. The van der Waals surface area contributed by atoms with E-state index in [9.17, 15) is 22.0 Å². The van der Waals surface area contributed by atoms with Crippen molar-refractivity contribution in [3.05, 3.63) is 84.2 Å². The number of thioether (sulfide) groups is 1. The second-order valence-corrected chi connectivity index (χ2v) is 8.79. The van der Waals surface area contributed by atoms with E-state index in [-0.39, 0.29) is 22.7 Å². The van der Waals surface area contributed by atoms with E-state index in [0.29, 0.717) is 22.4 Å². The van der Waals surface area contributed by atoms with E-state index < -0.39 is 21.7 Å². The Morgan fingerprint density at radius 1 is 1.03 bits per heavy atom. The van der Waals surface area contributed by atoms with E-state index in [1.54, 1.807) is 24.4 Å². The zero-order valence-corrected chi connectivity index (χ0v) is 17.1. The molecule has 6 nitrogen and oxygen atoms in total. The van der Waals surface area contributed by atoms with Crippen molar-refractivity contribution in [3.8, 4) is 0 Å². The Kier molecular flexibility index (Phi) is 7.01. The fraction of sp³-hybridized carbons (Fsp3) is 0.100. The number of nitrogens with zero attached hydrogens (tertiary/aromatic N) is 1. The Hall–Kier alpha value is -2.98. The third-order valence-electron chi connectivity index (χ3n) is 3.89. The van der Waals surface area contributed by atoms with Gasteiger partial charge in [-0.2, -0.15) is 8.78 Å². The lowest BCUT2D eigenvalue weighted by Gasteiger charge is -2.10. The van der Waals surface area contributed by atoms with Crippen LogP contribution in [0.25, 0.3) is 0 Å². The highest BCUT2D eigenvalue weighted by Crippen LogP contribution is 2.27. The third-order valence-corrected chi connectivity index (χ3v) is 6.00. The van der Waals surface area contributed by atoms with Crippen molar-refractivity contribution in [2.45, 2.75) is 22.1 Å². The molecule has 0 saturated heterocycles. The SMILES string of the molecule is O=C(NCc1ccccn1)c1cccc(S(=O)(=O)Nc2ccc(SC(F)F)cc2)c1. The van der Waals surface area contributed by atoms with Crippen molar-refractivity contribution in [1.82, 2.24) is 10.3 Å². The number of carbonyl (C=O) groups is 1. The summed E-state index contributed by atoms with van der Waals surface area (Å²) in [6, 6.07) is 16.5. The highest BCUT2D eigenvalue weighted by molar-refractivity contribution is 7.99. The largest absolute Gasteiger partial charge is 0.346 e. The van der Waals surface area contributed by atoms with Gasteiger partial charge in [0, 0.05) is 22.3 Å². The number of benzene rings is 2. The van der Waals surface area contributed by atoms with Crippen molar-refractivity contribution < 1.29 is 22.0 Å². The Labute approximate surface area is 176 Å². The summed E-state index contributed by atoms with van der Waals surface area (Å²) in [6.45, 7) is 0.206. The minimum absolute atomic E-state index is 0.0981. The monoisotopic (exact) mass is 449 g/mol. The van der Waals surface area contributed by atoms with Gasteiger partial charge in [0.15, 0.2) is 0 Å². The van der Waals surface area contributed by atoms with Gasteiger partial charge >= 0.3 is 0 Å². The molecule has 0 spiro atoms. The first-order chi connectivity index (χ1) is 14.3. The first-order valence-electron chi connectivity index (χ1n) is 8.69. The number of amides is 1. The maximum Gasteiger partial charge on any atom is 0.288 e. The van der Waals surface area contributed by atoms with Crippen molar-refractivity contribution >= 4 is 33.4 Å². The van der Waals surface area contributed by atoms with Gasteiger partial charge < -0.3 is 5.32 Å². The molecule has 2 N–H and O–H groups in total. The molecule has 0 atom stereocenters. The van der Waals surface area contributed by atoms with Crippen molar-refractivity contribution in [2.75, 3.05) is 4.72 Å². The number of pyridine rings is 1. The van der Waals surface area contributed by atoms with Crippen LogP contribution in [0.2, 0.25) is 0 Å². The molecule has 3 aromatic rings. The van der Waals surface area contributed by atoms with Gasteiger partial charge in [-0.1, -0.05) is 23.9 Å². The molecule has 0 bridgehead atoms. The highest BCUT2D eigenvalue weighted by Gasteiger charge is 2.17. The molecule has 3 rings (SSSR count). The average molecular weight is 450 g/mol. The normalized spacial score (nSPS) is 11.3. The van der Waals surface area contributed by atoms with Gasteiger partial charge in [-0.25, -0.2) is 8.42 Å². The van der Waals surface area contributed by atoms with Crippen LogP contribution in [-0.4, -0.2) is 25.1 Å². The van der Waals surface area contributed by atoms with Crippen LogP contribution in [0.15, 0.2) is 82.7 Å². The zero-order valence-electron chi connectivity index (χ0n) is 15.5. The van der Waals surface area contributed by atoms with Crippen molar-refractivity contribution in [3.63, 3.8) is 0 Å². The first kappa shape index (κ1) is 21.7. The molecule has 0 aliphatic heterocycles. The van der Waals surface area contributed by atoms with E-state index in [2.05, 4.69) is 15.0 Å². The summed E-state index contributed by atoms with van der Waals surface area (Å²) in [5.41, 5.74) is 1.07. The summed E-state index contributed by atoms with van der Waals surface area (Å²) >= 11 is 0.370. The number of halogens is 2. The van der Waals surface area contributed by atoms with E-state index in [1.807, 2.05) is 0 Å². The van der Waals surface area contributed by atoms with Gasteiger partial charge in [0.2, 0.25) is 0 Å². The van der Waals surface area contributed by atoms with Gasteiger partial charge in [-0.05, 0) is 54.6 Å². The lowest BCUT2D eigenvalue weighted by Crippen LogP contribution is -2.23. The van der Waals surface area contributed by atoms with Gasteiger partial charge in [-0.3, -0.25) is 14.5 Å². The minimum Gasteiger partial charge on any atom is -0.346 e. The smallest absolute Gasteiger partial charge is 0.288 e. The number of anilines is 1. The number of alkyl halides is 2. The standard InChI is InChI=1S/C20H17F2N3O3S2/c21-20(22)29-17-9-7-15(8-10-17)25-30(27,28)18-6-3-4-14(12-18)19(26)24-13-16-5-1-2-11-23-16/h1-12,20,25H,13H2,(H,24,26). The Bertz CT molecular complexity index is 1110. The summed E-state index contributed by atoms with van der Waals surface area (Å²) in [5.74, 6) is -3.00. The molecule has 0 saturated carbocycles. The molecule has 2 aromatic carbocycles. The zero-order chi connectivity index (χ0) is 21.6. The predicted molar refractivity (Wildman–Crippen MR) is 111 cm³/mol. The second-order valence-electron chi connectivity index (χ2n) is 6.04. The number of rotatable bonds is 8. The first-order valence-corrected chi connectivity index (χ1v) is 11.1. The van der Waals surface area contributed by atoms with E-state index in [4.69, 9.17) is 0 Å². The van der Waals surface area contributed by atoms with Crippen LogP contribution in [0.3, 0.4) is 0 Å². The highest BCUT2D eigenvalue weighted by atomic mass is 32.2. The van der Waals surface area contributed by atoms with E-state index >= 15 is 0 Å². The van der Waals surface area contributed by atoms with Crippen molar-refractivity contribution in [1.29, 1.82) is 0 Å².